The molecule has 4 heterocycles. The third kappa shape index (κ3) is 4.91. The first-order valence-corrected chi connectivity index (χ1v) is 12.3. The first-order valence-electron chi connectivity index (χ1n) is 12.3. The third-order valence-corrected chi connectivity index (χ3v) is 7.62. The van der Waals surface area contributed by atoms with Crippen LogP contribution >= 0.6 is 0 Å². The van der Waals surface area contributed by atoms with Crippen LogP contribution in [0.25, 0.3) is 0 Å². The predicted molar refractivity (Wildman–Crippen MR) is 118 cm³/mol. The van der Waals surface area contributed by atoms with Crippen molar-refractivity contribution in [2.24, 2.45) is 0 Å². The number of piperidine rings is 1. The summed E-state index contributed by atoms with van der Waals surface area (Å²) >= 11 is 0. The zero-order chi connectivity index (χ0) is 21.0. The summed E-state index contributed by atoms with van der Waals surface area (Å²) in [6.45, 7) is 3.22. The average Bonchev–Trinajstić information content (AvgIpc) is 3.34. The summed E-state index contributed by atoms with van der Waals surface area (Å²) in [5, 5.41) is 3.73. The highest BCUT2D eigenvalue weighted by molar-refractivity contribution is 5.78. The Hall–Kier alpha value is -1.63. The van der Waals surface area contributed by atoms with Crippen LogP contribution in [0.5, 0.6) is 5.75 Å². The van der Waals surface area contributed by atoms with Gasteiger partial charge in [0, 0.05) is 25.7 Å². The van der Waals surface area contributed by atoms with Gasteiger partial charge in [0.2, 0.25) is 0 Å². The van der Waals surface area contributed by atoms with Gasteiger partial charge in [0.05, 0.1) is 24.9 Å². The van der Waals surface area contributed by atoms with Gasteiger partial charge in [0.15, 0.2) is 6.61 Å². The number of para-hydroxylation sites is 1. The first-order chi connectivity index (χ1) is 15.3. The maximum Gasteiger partial charge on any atom is 0.260 e. The molecular weight excluding hydrogens is 392 g/mol. The molecule has 1 saturated carbocycles. The van der Waals surface area contributed by atoms with E-state index in [4.69, 9.17) is 14.2 Å². The second-order valence-electron chi connectivity index (χ2n) is 9.58. The minimum Gasteiger partial charge on any atom is -0.483 e. The van der Waals surface area contributed by atoms with E-state index in [2.05, 4.69) is 17.4 Å². The highest BCUT2D eigenvalue weighted by Crippen LogP contribution is 2.38. The normalized spacial score (nSPS) is 34.1. The van der Waals surface area contributed by atoms with Crippen molar-refractivity contribution in [2.45, 2.75) is 81.6 Å². The molecule has 4 aliphatic heterocycles. The molecule has 0 spiro atoms. The maximum atomic E-state index is 13.2. The number of hydrogen-bond acceptors (Lipinski definition) is 5. The Morgan fingerprint density at radius 3 is 2.71 bits per heavy atom. The number of fused-ring (bicyclic) bond motifs is 5. The van der Waals surface area contributed by atoms with Gasteiger partial charge in [-0.3, -0.25) is 4.79 Å². The minimum atomic E-state index is 0.0555. The highest BCUT2D eigenvalue weighted by atomic mass is 16.5. The predicted octanol–water partition coefficient (Wildman–Crippen LogP) is 3.25. The second kappa shape index (κ2) is 9.88. The van der Waals surface area contributed by atoms with Crippen molar-refractivity contribution in [3.63, 3.8) is 0 Å². The summed E-state index contributed by atoms with van der Waals surface area (Å²) < 4.78 is 18.4. The Morgan fingerprint density at radius 2 is 1.87 bits per heavy atom. The Kier molecular flexibility index (Phi) is 6.77. The van der Waals surface area contributed by atoms with Crippen LogP contribution in [0.4, 0.5) is 0 Å². The molecule has 2 bridgehead atoms. The highest BCUT2D eigenvalue weighted by Gasteiger charge is 2.36. The summed E-state index contributed by atoms with van der Waals surface area (Å²) in [5.41, 5.74) is 1.25. The van der Waals surface area contributed by atoms with Crippen LogP contribution in [0.3, 0.4) is 0 Å². The van der Waals surface area contributed by atoms with Crippen LogP contribution in [-0.2, 0) is 14.3 Å². The van der Waals surface area contributed by atoms with Crippen molar-refractivity contribution < 1.29 is 19.0 Å². The number of amides is 1. The molecule has 6 heteroatoms. The van der Waals surface area contributed by atoms with E-state index in [-0.39, 0.29) is 24.6 Å². The van der Waals surface area contributed by atoms with Crippen molar-refractivity contribution in [1.82, 2.24) is 10.2 Å². The summed E-state index contributed by atoms with van der Waals surface area (Å²) in [6, 6.07) is 8.57. The Labute approximate surface area is 185 Å². The molecule has 6 rings (SSSR count). The van der Waals surface area contributed by atoms with Gasteiger partial charge in [-0.25, -0.2) is 0 Å². The lowest BCUT2D eigenvalue weighted by atomic mass is 9.82. The van der Waals surface area contributed by atoms with E-state index >= 15 is 0 Å². The van der Waals surface area contributed by atoms with E-state index in [1.54, 1.807) is 0 Å². The zero-order valence-electron chi connectivity index (χ0n) is 18.5. The van der Waals surface area contributed by atoms with Crippen LogP contribution in [0.1, 0.15) is 62.8 Å². The fraction of sp³-hybridized carbons (Fsp3) is 0.720. The minimum absolute atomic E-state index is 0.0555. The number of benzene rings is 1. The molecule has 31 heavy (non-hydrogen) atoms. The fourth-order valence-electron chi connectivity index (χ4n) is 5.85. The SMILES string of the molecule is O=C1COc2ccccc2C2CCC(CC2)OC[C@H]2[C@@H](NCC3CCCO3)CCCN12. The van der Waals surface area contributed by atoms with Crippen molar-refractivity contribution in [3.05, 3.63) is 29.8 Å². The van der Waals surface area contributed by atoms with E-state index in [9.17, 15) is 4.79 Å². The lowest BCUT2D eigenvalue weighted by molar-refractivity contribution is -0.140. The van der Waals surface area contributed by atoms with Crippen LogP contribution < -0.4 is 10.1 Å². The zero-order valence-corrected chi connectivity index (χ0v) is 18.5. The van der Waals surface area contributed by atoms with Crippen LogP contribution in [0.2, 0.25) is 0 Å². The van der Waals surface area contributed by atoms with Crippen molar-refractivity contribution in [2.75, 3.05) is 32.9 Å². The fourth-order valence-corrected chi connectivity index (χ4v) is 5.85. The molecule has 1 unspecified atom stereocenters. The molecule has 170 valence electrons. The number of nitrogens with one attached hydrogen (secondary N) is 1. The lowest BCUT2D eigenvalue weighted by Crippen LogP contribution is -2.59. The molecule has 1 amide bonds. The molecule has 5 aliphatic rings. The van der Waals surface area contributed by atoms with Gasteiger partial charge in [0.1, 0.15) is 5.75 Å². The number of rotatable bonds is 3. The molecule has 2 saturated heterocycles. The van der Waals surface area contributed by atoms with Crippen LogP contribution in [0, 0.1) is 0 Å². The quantitative estimate of drug-likeness (QED) is 0.801. The van der Waals surface area contributed by atoms with E-state index in [1.807, 2.05) is 17.0 Å². The smallest absolute Gasteiger partial charge is 0.260 e. The van der Waals surface area contributed by atoms with Crippen molar-refractivity contribution in [1.29, 1.82) is 0 Å². The van der Waals surface area contributed by atoms with Gasteiger partial charge >= 0.3 is 0 Å². The van der Waals surface area contributed by atoms with E-state index < -0.39 is 0 Å². The van der Waals surface area contributed by atoms with Gasteiger partial charge < -0.3 is 24.4 Å². The summed E-state index contributed by atoms with van der Waals surface area (Å²) in [5.74, 6) is 1.44. The monoisotopic (exact) mass is 428 g/mol. The van der Waals surface area contributed by atoms with Crippen molar-refractivity contribution >= 4 is 5.91 Å². The molecular formula is C25H36N2O4. The maximum absolute atomic E-state index is 13.2. The van der Waals surface area contributed by atoms with E-state index in [0.717, 1.165) is 76.8 Å². The molecule has 1 aromatic rings. The van der Waals surface area contributed by atoms with E-state index in [0.29, 0.717) is 24.7 Å². The summed E-state index contributed by atoms with van der Waals surface area (Å²) in [7, 11) is 0. The third-order valence-electron chi connectivity index (χ3n) is 7.62. The van der Waals surface area contributed by atoms with Gasteiger partial charge in [-0.1, -0.05) is 18.2 Å². The topological polar surface area (TPSA) is 60.0 Å². The summed E-state index contributed by atoms with van der Waals surface area (Å²) in [4.78, 5) is 15.3. The lowest BCUT2D eigenvalue weighted by Gasteiger charge is -2.42. The summed E-state index contributed by atoms with van der Waals surface area (Å²) in [6.07, 6.45) is 9.34. The Morgan fingerprint density at radius 1 is 1.00 bits per heavy atom. The molecule has 6 nitrogen and oxygen atoms in total. The molecule has 3 fully saturated rings. The average molecular weight is 429 g/mol. The Bertz CT molecular complexity index is 743. The number of carbonyl (C=O) groups is 1. The number of carbonyl (C=O) groups excluding carboxylic acids is 1. The molecule has 1 aliphatic carbocycles. The largest absolute Gasteiger partial charge is 0.483 e. The first kappa shape index (κ1) is 21.2. The molecule has 3 atom stereocenters. The molecule has 0 aromatic heterocycles. The number of hydrogen-bond donors (Lipinski definition) is 1. The van der Waals surface area contributed by atoms with Gasteiger partial charge in [-0.2, -0.15) is 0 Å². The molecule has 1 N–H and O–H groups in total. The number of ether oxygens (including phenoxy) is 3. The van der Waals surface area contributed by atoms with Crippen LogP contribution in [-0.4, -0.2) is 68.0 Å². The molecule has 0 radical (unpaired) electrons. The number of nitrogens with zero attached hydrogens (tertiary/aromatic N) is 1. The second-order valence-corrected chi connectivity index (χ2v) is 9.58. The van der Waals surface area contributed by atoms with Gasteiger partial charge in [0.25, 0.3) is 5.91 Å². The van der Waals surface area contributed by atoms with Crippen LogP contribution in [0.15, 0.2) is 24.3 Å². The van der Waals surface area contributed by atoms with Gasteiger partial charge in [-0.15, -0.1) is 0 Å². The molecule has 1 aromatic carbocycles. The Balaban J connectivity index is 1.34. The van der Waals surface area contributed by atoms with E-state index in [1.165, 1.54) is 5.56 Å². The standard InChI is InChI=1S/C25H36N2O4/c28-25-17-31-24-8-2-1-6-21(24)18-9-11-19(12-10-18)30-16-23-22(7-3-13-27(23)25)26-15-20-5-4-14-29-20/h1-2,6,8,18-20,22-23,26H,3-5,7,9-17H2/t18?,19?,20?,22-,23-/m0/s1. The van der Waals surface area contributed by atoms with Gasteiger partial charge in [-0.05, 0) is 68.9 Å². The van der Waals surface area contributed by atoms with Crippen molar-refractivity contribution in [3.8, 4) is 5.75 Å².